The lowest BCUT2D eigenvalue weighted by Gasteiger charge is -2.35. The molecule has 3 N–H and O–H groups in total. The Balaban J connectivity index is 1.76. The molecule has 1 unspecified atom stereocenters. The molecule has 0 radical (unpaired) electrons. The lowest BCUT2D eigenvalue weighted by molar-refractivity contribution is -0.126. The van der Waals surface area contributed by atoms with Gasteiger partial charge in [0.1, 0.15) is 5.75 Å². The molecule has 1 aliphatic rings. The van der Waals surface area contributed by atoms with Crippen molar-refractivity contribution >= 4 is 5.91 Å². The van der Waals surface area contributed by atoms with Crippen LogP contribution in [0.5, 0.6) is 5.75 Å². The van der Waals surface area contributed by atoms with Gasteiger partial charge >= 0.3 is 0 Å². The molecule has 116 valence electrons. The van der Waals surface area contributed by atoms with Crippen molar-refractivity contribution < 1.29 is 14.3 Å². The van der Waals surface area contributed by atoms with Gasteiger partial charge in [-0.3, -0.25) is 4.79 Å². The molecule has 21 heavy (non-hydrogen) atoms. The van der Waals surface area contributed by atoms with Gasteiger partial charge in [0.25, 0.3) is 5.91 Å². The first-order chi connectivity index (χ1) is 9.98. The van der Waals surface area contributed by atoms with Crippen molar-refractivity contribution in [1.29, 1.82) is 0 Å². The Hall–Kier alpha value is -1.59. The van der Waals surface area contributed by atoms with E-state index in [1.165, 1.54) is 0 Å². The summed E-state index contributed by atoms with van der Waals surface area (Å²) in [5.41, 5.74) is 6.40. The minimum atomic E-state index is -0.172. The topological polar surface area (TPSA) is 73.6 Å². The van der Waals surface area contributed by atoms with E-state index < -0.39 is 0 Å². The first-order valence-corrected chi connectivity index (χ1v) is 7.34. The summed E-state index contributed by atoms with van der Waals surface area (Å²) < 4.78 is 11.1. The van der Waals surface area contributed by atoms with Crippen LogP contribution >= 0.6 is 0 Å². The molecular formula is C16H24N2O3. The third kappa shape index (κ3) is 5.02. The van der Waals surface area contributed by atoms with Crippen molar-refractivity contribution in [3.8, 4) is 5.75 Å². The molecule has 0 spiro atoms. The van der Waals surface area contributed by atoms with Crippen molar-refractivity contribution in [2.45, 2.75) is 44.9 Å². The number of carbonyl (C=O) groups is 1. The molecule has 1 aromatic rings. The molecule has 1 aliphatic heterocycles. The summed E-state index contributed by atoms with van der Waals surface area (Å²) in [4.78, 5) is 11.9. The molecular weight excluding hydrogens is 268 g/mol. The fourth-order valence-corrected chi connectivity index (χ4v) is 2.50. The number of hydrogen-bond acceptors (Lipinski definition) is 4. The Labute approximate surface area is 125 Å². The summed E-state index contributed by atoms with van der Waals surface area (Å²) in [7, 11) is 0. The average Bonchev–Trinajstić information content (AvgIpc) is 2.44. The van der Waals surface area contributed by atoms with E-state index in [1.807, 2.05) is 38.1 Å². The number of hydrogen-bond donors (Lipinski definition) is 2. The second kappa shape index (κ2) is 6.91. The molecule has 0 saturated carbocycles. The van der Waals surface area contributed by atoms with Crippen LogP contribution in [0.25, 0.3) is 0 Å². The molecule has 5 heteroatoms. The quantitative estimate of drug-likeness (QED) is 0.864. The third-order valence-electron chi connectivity index (χ3n) is 3.59. The fourth-order valence-electron chi connectivity index (χ4n) is 2.50. The number of amides is 1. The van der Waals surface area contributed by atoms with E-state index in [-0.39, 0.29) is 24.2 Å². The maximum absolute atomic E-state index is 11.9. The minimum Gasteiger partial charge on any atom is -0.484 e. The van der Waals surface area contributed by atoms with Crippen LogP contribution in [0, 0.1) is 0 Å². The van der Waals surface area contributed by atoms with Gasteiger partial charge in [-0.15, -0.1) is 0 Å². The molecule has 1 atom stereocenters. The lowest BCUT2D eigenvalue weighted by Crippen LogP contribution is -2.47. The zero-order valence-corrected chi connectivity index (χ0v) is 12.7. The van der Waals surface area contributed by atoms with Crippen LogP contribution in [0.15, 0.2) is 24.3 Å². The molecule has 1 fully saturated rings. The number of nitrogens with two attached hydrogens (primary N) is 1. The van der Waals surface area contributed by atoms with Crippen molar-refractivity contribution in [3.05, 3.63) is 29.8 Å². The van der Waals surface area contributed by atoms with Gasteiger partial charge < -0.3 is 20.5 Å². The first-order valence-electron chi connectivity index (χ1n) is 7.34. The molecule has 5 nitrogen and oxygen atoms in total. The standard InChI is InChI=1S/C16H24N2O3/c1-16(2)9-13(7-8-21-16)18-15(19)11-20-14-5-3-12(10-17)4-6-14/h3-6,13H,7-11,17H2,1-2H3,(H,18,19). The van der Waals surface area contributed by atoms with Crippen LogP contribution in [0.3, 0.4) is 0 Å². The molecule has 1 aromatic carbocycles. The highest BCUT2D eigenvalue weighted by Gasteiger charge is 2.29. The van der Waals surface area contributed by atoms with Crippen molar-refractivity contribution in [2.24, 2.45) is 5.73 Å². The maximum Gasteiger partial charge on any atom is 0.258 e. The third-order valence-corrected chi connectivity index (χ3v) is 3.59. The largest absolute Gasteiger partial charge is 0.484 e. The van der Waals surface area contributed by atoms with E-state index >= 15 is 0 Å². The van der Waals surface area contributed by atoms with Gasteiger partial charge in [-0.1, -0.05) is 12.1 Å². The average molecular weight is 292 g/mol. The SMILES string of the molecule is CC1(C)CC(NC(=O)COc2ccc(CN)cc2)CCO1. The highest BCUT2D eigenvalue weighted by atomic mass is 16.5. The number of ether oxygens (including phenoxy) is 2. The van der Waals surface area contributed by atoms with E-state index in [9.17, 15) is 4.79 Å². The Morgan fingerprint density at radius 3 is 2.76 bits per heavy atom. The maximum atomic E-state index is 11.9. The molecule has 1 saturated heterocycles. The second-order valence-electron chi connectivity index (χ2n) is 6.00. The van der Waals surface area contributed by atoms with E-state index in [0.29, 0.717) is 18.9 Å². The summed E-state index contributed by atoms with van der Waals surface area (Å²) >= 11 is 0. The number of carbonyl (C=O) groups excluding carboxylic acids is 1. The number of rotatable bonds is 5. The second-order valence-corrected chi connectivity index (χ2v) is 6.00. The molecule has 0 aliphatic carbocycles. The molecule has 0 bridgehead atoms. The van der Waals surface area contributed by atoms with Crippen molar-refractivity contribution in [1.82, 2.24) is 5.32 Å². The number of benzene rings is 1. The molecule has 1 amide bonds. The van der Waals surface area contributed by atoms with E-state index in [0.717, 1.165) is 18.4 Å². The highest BCUT2D eigenvalue weighted by Crippen LogP contribution is 2.23. The zero-order chi connectivity index (χ0) is 15.3. The van der Waals surface area contributed by atoms with Crippen LogP contribution in [-0.2, 0) is 16.1 Å². The summed E-state index contributed by atoms with van der Waals surface area (Å²) in [5, 5.41) is 3.00. The monoisotopic (exact) mass is 292 g/mol. The van der Waals surface area contributed by atoms with Crippen LogP contribution < -0.4 is 15.8 Å². The Kier molecular flexibility index (Phi) is 5.20. The van der Waals surface area contributed by atoms with E-state index in [4.69, 9.17) is 15.2 Å². The Morgan fingerprint density at radius 1 is 1.43 bits per heavy atom. The summed E-state index contributed by atoms with van der Waals surface area (Å²) in [5.74, 6) is 0.579. The minimum absolute atomic E-state index is 0.0275. The first kappa shape index (κ1) is 15.8. The predicted molar refractivity (Wildman–Crippen MR) is 81.0 cm³/mol. The molecule has 0 aromatic heterocycles. The Bertz CT molecular complexity index is 471. The normalized spacial score (nSPS) is 20.8. The van der Waals surface area contributed by atoms with Crippen molar-refractivity contribution in [2.75, 3.05) is 13.2 Å². The zero-order valence-electron chi connectivity index (χ0n) is 12.7. The summed E-state index contributed by atoms with van der Waals surface area (Å²) in [6.07, 6.45) is 1.67. The van der Waals surface area contributed by atoms with Crippen LogP contribution in [-0.4, -0.2) is 30.8 Å². The fraction of sp³-hybridized carbons (Fsp3) is 0.562. The van der Waals surface area contributed by atoms with Gasteiger partial charge in [-0.25, -0.2) is 0 Å². The summed E-state index contributed by atoms with van der Waals surface area (Å²) in [6, 6.07) is 7.60. The predicted octanol–water partition coefficient (Wildman–Crippen LogP) is 1.60. The van der Waals surface area contributed by atoms with Gasteiger partial charge in [-0.2, -0.15) is 0 Å². The van der Waals surface area contributed by atoms with Crippen LogP contribution in [0.1, 0.15) is 32.3 Å². The smallest absolute Gasteiger partial charge is 0.258 e. The van der Waals surface area contributed by atoms with Crippen molar-refractivity contribution in [3.63, 3.8) is 0 Å². The molecule has 2 rings (SSSR count). The summed E-state index contributed by atoms with van der Waals surface area (Å²) in [6.45, 7) is 5.29. The molecule has 1 heterocycles. The highest BCUT2D eigenvalue weighted by molar-refractivity contribution is 5.77. The van der Waals surface area contributed by atoms with Gasteiger partial charge in [0.15, 0.2) is 6.61 Å². The van der Waals surface area contributed by atoms with Crippen LogP contribution in [0.2, 0.25) is 0 Å². The number of nitrogens with one attached hydrogen (secondary N) is 1. The van der Waals surface area contributed by atoms with Gasteiger partial charge in [0, 0.05) is 19.2 Å². The van der Waals surface area contributed by atoms with E-state index in [2.05, 4.69) is 5.32 Å². The van der Waals surface area contributed by atoms with Gasteiger partial charge in [0.05, 0.1) is 5.60 Å². The van der Waals surface area contributed by atoms with E-state index in [1.54, 1.807) is 0 Å². The lowest BCUT2D eigenvalue weighted by atomic mass is 9.94. The van der Waals surface area contributed by atoms with Gasteiger partial charge in [0.2, 0.25) is 0 Å². The van der Waals surface area contributed by atoms with Gasteiger partial charge in [-0.05, 0) is 44.4 Å². The van der Waals surface area contributed by atoms with Crippen LogP contribution in [0.4, 0.5) is 0 Å². The Morgan fingerprint density at radius 2 is 2.14 bits per heavy atom.